The number of nitrogens with one attached hydrogen (secondary N) is 1. The molecule has 2 saturated carbocycles. The summed E-state index contributed by atoms with van der Waals surface area (Å²) in [6.45, 7) is 19.9. The van der Waals surface area contributed by atoms with E-state index in [1.54, 1.807) is 4.90 Å². The number of Topliss-reactive ketones (excluding diaryl/α,β-unsaturated/α-hetero) is 1. The molecule has 6 aliphatic rings. The fraction of sp³-hybridized carbons (Fsp3) is 0.872. The van der Waals surface area contributed by atoms with Crippen molar-refractivity contribution in [2.45, 2.75) is 192 Å². The predicted molar refractivity (Wildman–Crippen MR) is 268 cm³/mol. The molecule has 4 heterocycles. The van der Waals surface area contributed by atoms with Crippen LogP contribution in [0, 0.1) is 0 Å². The van der Waals surface area contributed by atoms with Crippen LogP contribution in [0.3, 0.4) is 0 Å². The molecule has 2 aliphatic carbocycles. The van der Waals surface area contributed by atoms with Gasteiger partial charge in [-0.2, -0.15) is 0 Å². The van der Waals surface area contributed by atoms with Crippen molar-refractivity contribution in [1.82, 2.24) is 24.9 Å². The van der Waals surface area contributed by atoms with Gasteiger partial charge in [-0.1, -0.05) is 25.7 Å². The van der Waals surface area contributed by atoms with Crippen LogP contribution in [0.2, 0.25) is 0 Å². The molecule has 7 N–H and O–H groups in total. The molecular formula is C47H87BCl2N8NaO11. The normalized spacial score (nSPS) is 24.3. The molecule has 0 spiro atoms. The van der Waals surface area contributed by atoms with Crippen LogP contribution in [0.4, 0.5) is 9.59 Å². The standard InChI is InChI=1S/C20H38N4O2.C14H24N2O3.C6H14N2.C4H6O4.C2H3BO2.CH2Cl2.Na/c1-3-26-19(25)23-14-10-20(2,11-15-23)24-12-8-16(9-13-24)22-18-7-5-4-6-17(18)21;1-3-19-13(18)15-10-6-14(2,7-11-15)16-8-4-12(17)5-9-16;7-5-3-1-2-4-6(5)8;1-3(5)7-8-4(2)6;1-2(4)5-3;2-1-3;/h16-18,22H,3-15,21H2,1-2H3;3-11H2,1-2H3;5-6H,1-4,7-8H2;1-2H3;1H3;1H2;/q;;;;-1;;+1/t17-,18-;;5-,6-;;;;/m0.0..../s1. The SMILES string of the molecule is CC(=O)OOC(C)=O.CCOC(=O)N1CCC(C)(N2CCC(=O)CC2)CC1.CCOC(=O)N1CCC(C)(N2CCC(N[C@H]3CCCC[C@@H]3N)CC2)CC1.ClCCl.N[C@H]1CCCC[C@@H]1N.[B-]OC(C)=O.[Na+]. The molecule has 2 amide bonds. The topological polar surface area (TPSA) is 252 Å². The van der Waals surface area contributed by atoms with Gasteiger partial charge in [0.15, 0.2) is 0 Å². The minimum atomic E-state index is -0.639. The van der Waals surface area contributed by atoms with Gasteiger partial charge in [-0.25, -0.2) is 29.0 Å². The second kappa shape index (κ2) is 37.7. The van der Waals surface area contributed by atoms with Crippen molar-refractivity contribution in [1.29, 1.82) is 0 Å². The summed E-state index contributed by atoms with van der Waals surface area (Å²) < 4.78 is 13.8. The maximum Gasteiger partial charge on any atom is 1.00 e. The number of halogens is 2. The zero-order chi connectivity index (χ0) is 52.0. The Balaban J connectivity index is 0.000000940. The molecular weight excluding hydrogens is 957 g/mol. The van der Waals surface area contributed by atoms with Crippen molar-refractivity contribution in [3.63, 3.8) is 0 Å². The average molecular weight is 1040 g/mol. The third kappa shape index (κ3) is 27.4. The molecule has 0 aromatic rings. The van der Waals surface area contributed by atoms with Crippen LogP contribution in [-0.2, 0) is 43.1 Å². The Morgan fingerprint density at radius 3 is 1.27 bits per heavy atom. The Morgan fingerprint density at radius 1 is 0.614 bits per heavy atom. The Morgan fingerprint density at radius 2 is 0.957 bits per heavy atom. The fourth-order valence-electron chi connectivity index (χ4n) is 9.26. The van der Waals surface area contributed by atoms with Crippen LogP contribution in [-0.4, -0.2) is 176 Å². The molecule has 0 unspecified atom stereocenters. The van der Waals surface area contributed by atoms with Crippen molar-refractivity contribution >= 4 is 67.1 Å². The molecule has 6 fully saturated rings. The van der Waals surface area contributed by atoms with E-state index in [-0.39, 0.29) is 70.2 Å². The summed E-state index contributed by atoms with van der Waals surface area (Å²) in [5.41, 5.74) is 18.0. The van der Waals surface area contributed by atoms with Crippen LogP contribution < -0.4 is 52.1 Å². The van der Waals surface area contributed by atoms with Gasteiger partial charge in [0.05, 0.1) is 18.6 Å². The number of piperidine rings is 4. The number of amides is 2. The number of nitrogens with two attached hydrogens (primary N) is 3. The summed E-state index contributed by atoms with van der Waals surface area (Å²) in [5, 5.41) is 4.05. The second-order valence-electron chi connectivity index (χ2n) is 18.8. The summed E-state index contributed by atoms with van der Waals surface area (Å²) in [6, 6.07) is 2.03. The minimum Gasteiger partial charge on any atom is -0.793 e. The van der Waals surface area contributed by atoms with Crippen molar-refractivity contribution in [2.24, 2.45) is 17.2 Å². The number of carbonyl (C=O) groups excluding carboxylic acids is 6. The first kappa shape index (κ1) is 68.0. The predicted octanol–water partition coefficient (Wildman–Crippen LogP) is 2.28. The van der Waals surface area contributed by atoms with Crippen LogP contribution in [0.5, 0.6) is 0 Å². The number of ether oxygens (including phenoxy) is 2. The number of hydrogen-bond donors (Lipinski definition) is 4. The maximum absolute atomic E-state index is 11.9. The van der Waals surface area contributed by atoms with Gasteiger partial charge in [0.25, 0.3) is 0 Å². The van der Waals surface area contributed by atoms with Crippen LogP contribution in [0.1, 0.15) is 151 Å². The van der Waals surface area contributed by atoms with Gasteiger partial charge in [-0.05, 0) is 91.9 Å². The smallest absolute Gasteiger partial charge is 0.793 e. The minimum absolute atomic E-state index is 0. The van der Waals surface area contributed by atoms with E-state index < -0.39 is 17.9 Å². The molecule has 399 valence electrons. The Hall–Kier alpha value is -1.98. The van der Waals surface area contributed by atoms with E-state index in [0.29, 0.717) is 50.0 Å². The third-order valence-electron chi connectivity index (χ3n) is 13.7. The number of likely N-dealkylation sites (tertiary alicyclic amines) is 4. The fourth-order valence-corrected chi connectivity index (χ4v) is 9.26. The monoisotopic (exact) mass is 1040 g/mol. The maximum atomic E-state index is 11.9. The van der Waals surface area contributed by atoms with Crippen molar-refractivity contribution in [2.75, 3.05) is 70.9 Å². The molecule has 3 radical (unpaired) electrons. The molecule has 4 saturated heterocycles. The van der Waals surface area contributed by atoms with Gasteiger partial charge in [-0.3, -0.25) is 19.4 Å². The van der Waals surface area contributed by atoms with E-state index in [0.717, 1.165) is 105 Å². The van der Waals surface area contributed by atoms with Crippen LogP contribution in [0.25, 0.3) is 0 Å². The number of ketones is 1. The molecule has 70 heavy (non-hydrogen) atoms. The number of carbonyl (C=O) groups is 6. The largest absolute Gasteiger partial charge is 1.00 e. The van der Waals surface area contributed by atoms with Gasteiger partial charge in [0, 0.05) is 127 Å². The molecule has 4 aliphatic heterocycles. The summed E-state index contributed by atoms with van der Waals surface area (Å²) in [7, 11) is 4.32. The average Bonchev–Trinajstić information content (AvgIpc) is 3.32. The van der Waals surface area contributed by atoms with E-state index in [1.165, 1.54) is 58.3 Å². The third-order valence-corrected chi connectivity index (χ3v) is 13.7. The molecule has 19 nitrogen and oxygen atoms in total. The van der Waals surface area contributed by atoms with Crippen molar-refractivity contribution in [3.05, 3.63) is 0 Å². The molecule has 0 bridgehead atoms. The first-order valence-corrected chi connectivity index (χ1v) is 26.0. The quantitative estimate of drug-likeness (QED) is 0.129. The van der Waals surface area contributed by atoms with Gasteiger partial charge < -0.3 is 54.5 Å². The Labute approximate surface area is 452 Å². The summed E-state index contributed by atoms with van der Waals surface area (Å²) >= 11 is 9.53. The first-order valence-electron chi connectivity index (χ1n) is 24.9. The molecule has 23 heteroatoms. The van der Waals surface area contributed by atoms with Gasteiger partial charge in [0.2, 0.25) is 5.97 Å². The van der Waals surface area contributed by atoms with Gasteiger partial charge in [-0.15, -0.1) is 23.2 Å². The molecule has 0 aromatic carbocycles. The summed E-state index contributed by atoms with van der Waals surface area (Å²) in [4.78, 5) is 80.4. The number of alkyl halides is 2. The Kier molecular flexibility index (Phi) is 36.6. The number of rotatable bonds is 6. The zero-order valence-electron chi connectivity index (χ0n) is 43.8. The van der Waals surface area contributed by atoms with Crippen molar-refractivity contribution in [3.8, 4) is 0 Å². The van der Waals surface area contributed by atoms with Crippen LogP contribution in [0.15, 0.2) is 0 Å². The molecule has 4 atom stereocenters. The Bertz CT molecular complexity index is 1480. The van der Waals surface area contributed by atoms with E-state index in [9.17, 15) is 28.8 Å². The summed E-state index contributed by atoms with van der Waals surface area (Å²) in [5.74, 6) is -1.37. The number of hydrogen-bond acceptors (Lipinski definition) is 17. The first-order chi connectivity index (χ1) is 32.7. The van der Waals surface area contributed by atoms with E-state index in [1.807, 2.05) is 18.7 Å². The molecule has 0 aromatic heterocycles. The van der Waals surface area contributed by atoms with Gasteiger partial charge >= 0.3 is 53.7 Å². The van der Waals surface area contributed by atoms with Gasteiger partial charge in [0.1, 0.15) is 5.78 Å². The zero-order valence-corrected chi connectivity index (χ0v) is 47.3. The second-order valence-corrected chi connectivity index (χ2v) is 19.7. The van der Waals surface area contributed by atoms with E-state index in [4.69, 9.17) is 49.9 Å². The van der Waals surface area contributed by atoms with Crippen molar-refractivity contribution < 1.29 is 82.2 Å². The molecule has 6 rings (SSSR count). The number of nitrogens with zero attached hydrogens (tertiary/aromatic N) is 4. The van der Waals surface area contributed by atoms with E-state index >= 15 is 0 Å². The summed E-state index contributed by atoms with van der Waals surface area (Å²) in [6.07, 6.45) is 17.2. The van der Waals surface area contributed by atoms with E-state index in [2.05, 4.69) is 51.4 Å². The van der Waals surface area contributed by atoms with Crippen LogP contribution >= 0.6 is 23.2 Å².